The van der Waals surface area contributed by atoms with Gasteiger partial charge in [0.1, 0.15) is 12.0 Å². The summed E-state index contributed by atoms with van der Waals surface area (Å²) in [6, 6.07) is 8.45. The van der Waals surface area contributed by atoms with Crippen molar-refractivity contribution in [1.82, 2.24) is 9.88 Å². The van der Waals surface area contributed by atoms with E-state index < -0.39 is 5.97 Å². The van der Waals surface area contributed by atoms with Crippen molar-refractivity contribution in [2.75, 3.05) is 7.11 Å². The van der Waals surface area contributed by atoms with Crippen molar-refractivity contribution in [2.45, 2.75) is 32.0 Å². The molecular formula is C16H18N2O4. The number of carboxylic acids is 1. The molecule has 0 atom stereocenters. The topological polar surface area (TPSA) is 75.8 Å². The van der Waals surface area contributed by atoms with Gasteiger partial charge in [-0.15, -0.1) is 0 Å². The number of methoxy groups -OCH3 is 1. The van der Waals surface area contributed by atoms with Crippen LogP contribution in [0.5, 0.6) is 5.75 Å². The lowest BCUT2D eigenvalue weighted by molar-refractivity contribution is 0.0690. The molecule has 1 saturated carbocycles. The fourth-order valence-corrected chi connectivity index (χ4v) is 2.41. The van der Waals surface area contributed by atoms with Crippen LogP contribution >= 0.6 is 0 Å². The summed E-state index contributed by atoms with van der Waals surface area (Å²) in [4.78, 5) is 17.1. The van der Waals surface area contributed by atoms with Crippen molar-refractivity contribution in [1.29, 1.82) is 0 Å². The number of carbonyl (C=O) groups is 1. The maximum absolute atomic E-state index is 10.9. The van der Waals surface area contributed by atoms with E-state index in [4.69, 9.17) is 14.3 Å². The SMILES string of the molecule is COc1cccc(CN(Cc2nc(C(=O)O)co2)C2CC2)c1. The van der Waals surface area contributed by atoms with E-state index in [1.165, 1.54) is 6.26 Å². The molecule has 0 aliphatic heterocycles. The smallest absolute Gasteiger partial charge is 0.357 e. The Labute approximate surface area is 128 Å². The average molecular weight is 302 g/mol. The summed E-state index contributed by atoms with van der Waals surface area (Å²) in [5, 5.41) is 8.90. The molecule has 0 radical (unpaired) electrons. The van der Waals surface area contributed by atoms with Crippen molar-refractivity contribution in [3.8, 4) is 5.75 Å². The number of hydrogen-bond acceptors (Lipinski definition) is 5. The van der Waals surface area contributed by atoms with Gasteiger partial charge in [0, 0.05) is 12.6 Å². The predicted molar refractivity (Wildman–Crippen MR) is 78.7 cm³/mol. The molecule has 1 fully saturated rings. The minimum absolute atomic E-state index is 0.0490. The zero-order valence-electron chi connectivity index (χ0n) is 12.4. The monoisotopic (exact) mass is 302 g/mol. The van der Waals surface area contributed by atoms with E-state index in [2.05, 4.69) is 16.0 Å². The van der Waals surface area contributed by atoms with Gasteiger partial charge >= 0.3 is 5.97 Å². The number of benzene rings is 1. The van der Waals surface area contributed by atoms with E-state index in [9.17, 15) is 4.79 Å². The van der Waals surface area contributed by atoms with Gasteiger partial charge in [-0.3, -0.25) is 4.90 Å². The Hall–Kier alpha value is -2.34. The first-order valence-corrected chi connectivity index (χ1v) is 7.20. The number of oxazole rings is 1. The lowest BCUT2D eigenvalue weighted by Gasteiger charge is -2.20. The summed E-state index contributed by atoms with van der Waals surface area (Å²) in [7, 11) is 1.65. The summed E-state index contributed by atoms with van der Waals surface area (Å²) in [5.41, 5.74) is 1.10. The molecule has 0 unspecified atom stereocenters. The molecule has 116 valence electrons. The summed E-state index contributed by atoms with van der Waals surface area (Å²) in [5.74, 6) is 0.200. The number of hydrogen-bond donors (Lipinski definition) is 1. The number of ether oxygens (including phenoxy) is 1. The Bertz CT molecular complexity index is 664. The zero-order chi connectivity index (χ0) is 15.5. The van der Waals surface area contributed by atoms with Crippen LogP contribution in [0.4, 0.5) is 0 Å². The highest BCUT2D eigenvalue weighted by Crippen LogP contribution is 2.30. The van der Waals surface area contributed by atoms with Crippen LogP contribution in [-0.2, 0) is 13.1 Å². The van der Waals surface area contributed by atoms with Crippen LogP contribution in [0.25, 0.3) is 0 Å². The maximum Gasteiger partial charge on any atom is 0.357 e. The molecule has 3 rings (SSSR count). The summed E-state index contributed by atoms with van der Waals surface area (Å²) < 4.78 is 10.5. The average Bonchev–Trinajstić information content (AvgIpc) is 3.26. The second-order valence-corrected chi connectivity index (χ2v) is 5.42. The molecule has 0 amide bonds. The lowest BCUT2D eigenvalue weighted by atomic mass is 10.2. The quantitative estimate of drug-likeness (QED) is 0.847. The minimum atomic E-state index is -1.07. The molecule has 0 spiro atoms. The van der Waals surface area contributed by atoms with Crippen LogP contribution < -0.4 is 4.74 Å². The normalized spacial score (nSPS) is 14.3. The molecule has 1 N–H and O–H groups in total. The second-order valence-electron chi connectivity index (χ2n) is 5.42. The van der Waals surface area contributed by atoms with Gasteiger partial charge in [-0.2, -0.15) is 0 Å². The Morgan fingerprint density at radius 3 is 2.91 bits per heavy atom. The van der Waals surface area contributed by atoms with Gasteiger partial charge < -0.3 is 14.3 Å². The largest absolute Gasteiger partial charge is 0.497 e. The fourth-order valence-electron chi connectivity index (χ4n) is 2.41. The van der Waals surface area contributed by atoms with Crippen molar-refractivity contribution in [3.63, 3.8) is 0 Å². The van der Waals surface area contributed by atoms with Gasteiger partial charge in [0.05, 0.1) is 13.7 Å². The van der Waals surface area contributed by atoms with E-state index in [1.807, 2.05) is 18.2 Å². The van der Waals surface area contributed by atoms with Crippen LogP contribution in [0.1, 0.15) is 34.8 Å². The molecular weight excluding hydrogens is 284 g/mol. The molecule has 1 aliphatic rings. The number of aromatic nitrogens is 1. The van der Waals surface area contributed by atoms with Gasteiger partial charge in [0.2, 0.25) is 5.89 Å². The third kappa shape index (κ3) is 3.46. The molecule has 1 aromatic heterocycles. The van der Waals surface area contributed by atoms with E-state index in [0.717, 1.165) is 30.7 Å². The Morgan fingerprint density at radius 1 is 1.45 bits per heavy atom. The summed E-state index contributed by atoms with van der Waals surface area (Å²) in [6.07, 6.45) is 3.49. The molecule has 6 nitrogen and oxygen atoms in total. The molecule has 1 aromatic carbocycles. The van der Waals surface area contributed by atoms with Gasteiger partial charge in [-0.25, -0.2) is 9.78 Å². The fraction of sp³-hybridized carbons (Fsp3) is 0.375. The third-order valence-electron chi connectivity index (χ3n) is 3.69. The lowest BCUT2D eigenvalue weighted by Crippen LogP contribution is -2.25. The van der Waals surface area contributed by atoms with E-state index in [0.29, 0.717) is 18.5 Å². The van der Waals surface area contributed by atoms with Crippen LogP contribution in [0, 0.1) is 0 Å². The number of carboxylic acid groups (broad SMARTS) is 1. The molecule has 6 heteroatoms. The molecule has 1 heterocycles. The predicted octanol–water partition coefficient (Wildman–Crippen LogP) is 2.55. The van der Waals surface area contributed by atoms with Crippen LogP contribution in [0.15, 0.2) is 34.9 Å². The molecule has 2 aromatic rings. The van der Waals surface area contributed by atoms with E-state index in [-0.39, 0.29) is 5.69 Å². The Kier molecular flexibility index (Phi) is 4.11. The second kappa shape index (κ2) is 6.19. The van der Waals surface area contributed by atoms with Crippen molar-refractivity contribution >= 4 is 5.97 Å². The molecule has 0 bridgehead atoms. The van der Waals surface area contributed by atoms with E-state index in [1.54, 1.807) is 7.11 Å². The standard InChI is InChI=1S/C16H18N2O4/c1-21-13-4-2-3-11(7-13)8-18(12-5-6-12)9-15-17-14(10-22-15)16(19)20/h2-4,7,10,12H,5-6,8-9H2,1H3,(H,19,20). The maximum atomic E-state index is 10.9. The first-order chi connectivity index (χ1) is 10.7. The van der Waals surface area contributed by atoms with Gasteiger partial charge in [0.15, 0.2) is 5.69 Å². The van der Waals surface area contributed by atoms with Crippen LogP contribution in [0.3, 0.4) is 0 Å². The highest BCUT2D eigenvalue weighted by Gasteiger charge is 2.30. The summed E-state index contributed by atoms with van der Waals surface area (Å²) >= 11 is 0. The summed E-state index contributed by atoms with van der Waals surface area (Å²) in [6.45, 7) is 1.27. The molecule has 0 saturated heterocycles. The van der Waals surface area contributed by atoms with Crippen LogP contribution in [0.2, 0.25) is 0 Å². The van der Waals surface area contributed by atoms with Crippen molar-refractivity contribution < 1.29 is 19.1 Å². The first-order valence-electron chi connectivity index (χ1n) is 7.20. The number of aromatic carboxylic acids is 1. The number of nitrogens with zero attached hydrogens (tertiary/aromatic N) is 2. The van der Waals surface area contributed by atoms with Crippen molar-refractivity contribution in [3.05, 3.63) is 47.7 Å². The first kappa shape index (κ1) is 14.6. The molecule has 22 heavy (non-hydrogen) atoms. The zero-order valence-corrected chi connectivity index (χ0v) is 12.4. The highest BCUT2D eigenvalue weighted by molar-refractivity contribution is 5.84. The third-order valence-corrected chi connectivity index (χ3v) is 3.69. The van der Waals surface area contributed by atoms with Gasteiger partial charge in [0.25, 0.3) is 0 Å². The highest BCUT2D eigenvalue weighted by atomic mass is 16.5. The van der Waals surface area contributed by atoms with Crippen LogP contribution in [-0.4, -0.2) is 34.1 Å². The molecule has 1 aliphatic carbocycles. The Balaban J connectivity index is 1.70. The van der Waals surface area contributed by atoms with Gasteiger partial charge in [-0.1, -0.05) is 12.1 Å². The van der Waals surface area contributed by atoms with Gasteiger partial charge in [-0.05, 0) is 30.5 Å². The Morgan fingerprint density at radius 2 is 2.27 bits per heavy atom. The van der Waals surface area contributed by atoms with E-state index >= 15 is 0 Å². The van der Waals surface area contributed by atoms with Crippen molar-refractivity contribution in [2.24, 2.45) is 0 Å². The minimum Gasteiger partial charge on any atom is -0.497 e. The number of rotatable bonds is 7.